The van der Waals surface area contributed by atoms with Crippen molar-refractivity contribution in [2.75, 3.05) is 13.1 Å². The number of carbonyl (C=O) groups excluding carboxylic acids is 1. The lowest BCUT2D eigenvalue weighted by molar-refractivity contribution is -0.116. The van der Waals surface area contributed by atoms with Gasteiger partial charge in [-0.25, -0.2) is 9.67 Å². The van der Waals surface area contributed by atoms with E-state index in [-0.39, 0.29) is 23.9 Å². The molecule has 1 N–H and O–H groups in total. The van der Waals surface area contributed by atoms with E-state index in [1.807, 2.05) is 27.1 Å². The van der Waals surface area contributed by atoms with Crippen LogP contribution in [0.4, 0.5) is 0 Å². The second-order valence-electron chi connectivity index (χ2n) is 6.45. The minimum Gasteiger partial charge on any atom is -0.339 e. The Bertz CT molecular complexity index is 770. The van der Waals surface area contributed by atoms with E-state index in [4.69, 9.17) is 0 Å². The Kier molecular flexibility index (Phi) is 5.09. The van der Waals surface area contributed by atoms with Gasteiger partial charge in [0.2, 0.25) is 0 Å². The zero-order valence-electron chi connectivity index (χ0n) is 14.6. The Morgan fingerprint density at radius 1 is 1.44 bits per heavy atom. The molecule has 0 aromatic carbocycles. The maximum absolute atomic E-state index is 12.1. The van der Waals surface area contributed by atoms with Crippen molar-refractivity contribution in [1.29, 1.82) is 0 Å². The summed E-state index contributed by atoms with van der Waals surface area (Å²) in [6, 6.07) is -0.0931. The van der Waals surface area contributed by atoms with Crippen LogP contribution in [0.15, 0.2) is 18.7 Å². The van der Waals surface area contributed by atoms with Crippen LogP contribution in [-0.2, 0) is 18.4 Å². The first kappa shape index (κ1) is 17.1. The third kappa shape index (κ3) is 4.22. The van der Waals surface area contributed by atoms with E-state index < -0.39 is 0 Å². The van der Waals surface area contributed by atoms with Crippen LogP contribution in [0.1, 0.15) is 25.7 Å². The Morgan fingerprint density at radius 2 is 2.28 bits per heavy atom. The molecule has 0 saturated carbocycles. The molecule has 0 radical (unpaired) electrons. The lowest BCUT2D eigenvalue weighted by atomic mass is 10.1. The van der Waals surface area contributed by atoms with Crippen molar-refractivity contribution in [2.24, 2.45) is 13.0 Å². The average Bonchev–Trinajstić information content (AvgIpc) is 3.28. The first-order valence-electron chi connectivity index (χ1n) is 8.26. The highest BCUT2D eigenvalue weighted by atomic mass is 16.1. The molecule has 1 aliphatic rings. The fourth-order valence-electron chi connectivity index (χ4n) is 2.88. The number of rotatable bonds is 4. The van der Waals surface area contributed by atoms with Gasteiger partial charge in [0.05, 0.1) is 24.8 Å². The fraction of sp³-hybridized carbons (Fsp3) is 0.562. The van der Waals surface area contributed by atoms with Gasteiger partial charge < -0.3 is 5.32 Å². The van der Waals surface area contributed by atoms with E-state index in [1.54, 1.807) is 21.9 Å². The molecule has 1 amide bonds. The predicted octanol–water partition coefficient (Wildman–Crippen LogP) is -0.392. The van der Waals surface area contributed by atoms with Crippen molar-refractivity contribution in [3.05, 3.63) is 24.5 Å². The smallest absolute Gasteiger partial charge is 0.296 e. The summed E-state index contributed by atoms with van der Waals surface area (Å²) in [5.74, 6) is 6.32. The molecule has 0 aliphatic carbocycles. The van der Waals surface area contributed by atoms with Gasteiger partial charge in [-0.1, -0.05) is 25.0 Å². The van der Waals surface area contributed by atoms with Crippen molar-refractivity contribution in [2.45, 2.75) is 32.5 Å². The predicted molar refractivity (Wildman–Crippen MR) is 89.9 cm³/mol. The Morgan fingerprint density at radius 3 is 2.92 bits per heavy atom. The van der Waals surface area contributed by atoms with Gasteiger partial charge in [-0.15, -0.1) is 5.10 Å². The molecule has 0 bridgehead atoms. The van der Waals surface area contributed by atoms with Crippen LogP contribution in [0, 0.1) is 17.8 Å². The first-order valence-corrected chi connectivity index (χ1v) is 8.26. The van der Waals surface area contributed by atoms with E-state index in [2.05, 4.69) is 42.5 Å². The van der Waals surface area contributed by atoms with Gasteiger partial charge >= 0.3 is 0 Å². The molecular weight excluding hydrogens is 320 g/mol. The number of nitrogens with zero attached hydrogens (tertiary/aromatic N) is 7. The quantitative estimate of drug-likeness (QED) is 0.761. The van der Waals surface area contributed by atoms with Crippen molar-refractivity contribution in [3.63, 3.8) is 0 Å². The molecule has 132 valence electrons. The molecule has 2 atom stereocenters. The average molecular weight is 342 g/mol. The Labute approximate surface area is 146 Å². The number of carbonyl (C=O) groups is 1. The number of amides is 1. The molecule has 0 unspecified atom stereocenters. The molecule has 1 fully saturated rings. The van der Waals surface area contributed by atoms with Crippen molar-refractivity contribution in [1.82, 2.24) is 40.0 Å². The summed E-state index contributed by atoms with van der Waals surface area (Å²) in [6.45, 7) is 5.99. The van der Waals surface area contributed by atoms with Crippen LogP contribution in [-0.4, -0.2) is 59.7 Å². The number of likely N-dealkylation sites (tertiary alicyclic amines) is 1. The topological polar surface area (TPSA) is 93.8 Å². The number of hydrogen-bond acceptors (Lipinski definition) is 6. The largest absolute Gasteiger partial charge is 0.339 e. The van der Waals surface area contributed by atoms with Crippen LogP contribution in [0.3, 0.4) is 0 Å². The lowest BCUT2D eigenvalue weighted by Gasteiger charge is -2.18. The van der Waals surface area contributed by atoms with Crippen molar-refractivity contribution < 1.29 is 4.79 Å². The van der Waals surface area contributed by atoms with Crippen LogP contribution in [0.5, 0.6) is 0 Å². The van der Waals surface area contributed by atoms with E-state index in [1.165, 1.54) is 0 Å². The standard InChI is InChI=1S/C16H22N8O/c1-12(2)4-5-16(25)20-13-8-23(10-15-17-11-19-22(15)3)9-14(13)24-7-6-18-21-24/h6-7,11-14H,8-10H2,1-3H3,(H,20,25)/t13-,14+/m1/s1. The first-order chi connectivity index (χ1) is 12.0. The summed E-state index contributed by atoms with van der Waals surface area (Å²) in [6.07, 6.45) is 5.00. The van der Waals surface area contributed by atoms with Gasteiger partial charge in [0.15, 0.2) is 0 Å². The summed E-state index contributed by atoms with van der Waals surface area (Å²) in [5.41, 5.74) is 0. The number of hydrogen-bond donors (Lipinski definition) is 1. The maximum Gasteiger partial charge on any atom is 0.296 e. The highest BCUT2D eigenvalue weighted by Crippen LogP contribution is 2.22. The highest BCUT2D eigenvalue weighted by molar-refractivity contribution is 5.93. The van der Waals surface area contributed by atoms with Crippen molar-refractivity contribution in [3.8, 4) is 11.8 Å². The third-order valence-electron chi connectivity index (χ3n) is 4.11. The Balaban J connectivity index is 1.71. The van der Waals surface area contributed by atoms with Gasteiger partial charge in [-0.2, -0.15) is 5.10 Å². The second kappa shape index (κ2) is 7.44. The van der Waals surface area contributed by atoms with Crippen LogP contribution in [0.25, 0.3) is 0 Å². The SMILES string of the molecule is CC(C)C#CC(=O)N[C@@H]1CN(Cc2ncnn2C)C[C@@H]1n1ccnn1. The van der Waals surface area contributed by atoms with Gasteiger partial charge in [0.1, 0.15) is 12.2 Å². The summed E-state index contributed by atoms with van der Waals surface area (Å²) < 4.78 is 3.54. The minimum absolute atomic E-state index is 0.000488. The molecule has 9 heteroatoms. The molecule has 3 rings (SSSR count). The number of aryl methyl sites for hydroxylation is 1. The molecule has 0 spiro atoms. The summed E-state index contributed by atoms with van der Waals surface area (Å²) >= 11 is 0. The molecule has 2 aromatic rings. The second-order valence-corrected chi connectivity index (χ2v) is 6.45. The summed E-state index contributed by atoms with van der Waals surface area (Å²) in [7, 11) is 1.87. The molecule has 1 saturated heterocycles. The van der Waals surface area contributed by atoms with Gasteiger partial charge in [-0.3, -0.25) is 14.4 Å². The van der Waals surface area contributed by atoms with Crippen LogP contribution < -0.4 is 5.32 Å². The molecule has 3 heterocycles. The zero-order chi connectivity index (χ0) is 17.8. The minimum atomic E-state index is -0.260. The zero-order valence-corrected chi connectivity index (χ0v) is 14.6. The summed E-state index contributed by atoms with van der Waals surface area (Å²) in [4.78, 5) is 18.6. The van der Waals surface area contributed by atoms with E-state index in [0.717, 1.165) is 12.4 Å². The maximum atomic E-state index is 12.1. The highest BCUT2D eigenvalue weighted by Gasteiger charge is 2.35. The number of aromatic nitrogens is 6. The molecule has 1 aliphatic heterocycles. The molecule has 25 heavy (non-hydrogen) atoms. The fourth-order valence-corrected chi connectivity index (χ4v) is 2.88. The van der Waals surface area contributed by atoms with Crippen molar-refractivity contribution >= 4 is 5.91 Å². The summed E-state index contributed by atoms with van der Waals surface area (Å²) in [5, 5.41) is 15.1. The monoisotopic (exact) mass is 342 g/mol. The van der Waals surface area contributed by atoms with Crippen LogP contribution in [0.2, 0.25) is 0 Å². The molecule has 2 aromatic heterocycles. The Hall–Kier alpha value is -2.73. The molecule has 9 nitrogen and oxygen atoms in total. The lowest BCUT2D eigenvalue weighted by Crippen LogP contribution is -2.41. The van der Waals surface area contributed by atoms with Gasteiger partial charge in [-0.05, 0) is 5.92 Å². The van der Waals surface area contributed by atoms with E-state index >= 15 is 0 Å². The normalized spacial score (nSPS) is 20.5. The van der Waals surface area contributed by atoms with Gasteiger partial charge in [0.25, 0.3) is 5.91 Å². The number of nitrogens with one attached hydrogen (secondary N) is 1. The van der Waals surface area contributed by atoms with Gasteiger partial charge in [0, 0.05) is 32.3 Å². The van der Waals surface area contributed by atoms with Crippen LogP contribution >= 0.6 is 0 Å². The van der Waals surface area contributed by atoms with E-state index in [9.17, 15) is 4.79 Å². The molecular formula is C16H22N8O. The third-order valence-corrected chi connectivity index (χ3v) is 4.11. The van der Waals surface area contributed by atoms with E-state index in [0.29, 0.717) is 13.1 Å².